The van der Waals surface area contributed by atoms with E-state index in [1.165, 1.54) is 25.7 Å². The molecule has 18 heavy (non-hydrogen) atoms. The highest BCUT2D eigenvalue weighted by atomic mass is 32.1. The highest BCUT2D eigenvalue weighted by Gasteiger charge is 2.17. The predicted molar refractivity (Wildman–Crippen MR) is 73.8 cm³/mol. The number of imidazole rings is 1. The Hall–Kier alpha value is -1.60. The summed E-state index contributed by atoms with van der Waals surface area (Å²) in [4.78, 5) is 3.21. The molecule has 0 unspecified atom stereocenters. The monoisotopic (exact) mass is 257 g/mol. The van der Waals surface area contributed by atoms with E-state index in [0.717, 1.165) is 28.3 Å². The molecule has 1 aliphatic rings. The molecule has 3 nitrogen and oxygen atoms in total. The Morgan fingerprint density at radius 1 is 1.44 bits per heavy atom. The largest absolute Gasteiger partial charge is 0.331 e. The number of nitrogens with zero attached hydrogens (tertiary/aromatic N) is 2. The number of aromatic nitrogens is 2. The molecule has 0 amide bonds. The van der Waals surface area contributed by atoms with E-state index in [1.54, 1.807) is 0 Å². The Morgan fingerprint density at radius 2 is 2.28 bits per heavy atom. The van der Waals surface area contributed by atoms with E-state index in [2.05, 4.69) is 15.6 Å². The lowest BCUT2D eigenvalue weighted by molar-refractivity contribution is 0.283. The van der Waals surface area contributed by atoms with Gasteiger partial charge in [0.15, 0.2) is 4.77 Å². The molecular weight excluding hydrogens is 242 g/mol. The second kappa shape index (κ2) is 4.58. The summed E-state index contributed by atoms with van der Waals surface area (Å²) in [5.74, 6) is 0.871. The van der Waals surface area contributed by atoms with Crippen molar-refractivity contribution in [3.63, 3.8) is 0 Å². The van der Waals surface area contributed by atoms with Crippen molar-refractivity contribution in [2.45, 2.75) is 32.2 Å². The van der Waals surface area contributed by atoms with Gasteiger partial charge in [-0.3, -0.25) is 0 Å². The van der Waals surface area contributed by atoms with Gasteiger partial charge >= 0.3 is 0 Å². The van der Waals surface area contributed by atoms with Gasteiger partial charge in [-0.1, -0.05) is 19.3 Å². The van der Waals surface area contributed by atoms with Crippen LogP contribution in [0, 0.1) is 22.0 Å². The number of fused-ring (bicyclic) bond motifs is 1. The van der Waals surface area contributed by atoms with Crippen molar-refractivity contribution < 1.29 is 0 Å². The van der Waals surface area contributed by atoms with E-state index in [9.17, 15) is 0 Å². The van der Waals surface area contributed by atoms with Gasteiger partial charge in [0.1, 0.15) is 0 Å². The Balaban J connectivity index is 1.95. The lowest BCUT2D eigenvalue weighted by Gasteiger charge is -2.25. The van der Waals surface area contributed by atoms with Crippen LogP contribution in [0.5, 0.6) is 0 Å². The highest BCUT2D eigenvalue weighted by Crippen LogP contribution is 2.30. The molecule has 0 radical (unpaired) electrons. The number of benzene rings is 1. The quantitative estimate of drug-likeness (QED) is 0.851. The molecule has 0 aliphatic heterocycles. The second-order valence-corrected chi connectivity index (χ2v) is 5.40. The minimum Gasteiger partial charge on any atom is -0.331 e. The third-order valence-corrected chi connectivity index (χ3v) is 4.21. The number of H-pyrrole nitrogens is 1. The minimum absolute atomic E-state index is 0.689. The molecule has 92 valence electrons. The van der Waals surface area contributed by atoms with Gasteiger partial charge in [0, 0.05) is 6.54 Å². The van der Waals surface area contributed by atoms with Crippen LogP contribution in [-0.4, -0.2) is 9.55 Å². The van der Waals surface area contributed by atoms with Crippen molar-refractivity contribution in [2.24, 2.45) is 5.92 Å². The molecule has 3 rings (SSSR count). The van der Waals surface area contributed by atoms with E-state index < -0.39 is 0 Å². The standard InChI is InChI=1S/C14H15N3S/c15-9-11-4-5-12-13(8-11)17(14(18)16-12)7-6-10-2-1-3-10/h4-5,8,10H,1-3,6-7H2,(H,16,18). The van der Waals surface area contributed by atoms with Crippen LogP contribution in [0.4, 0.5) is 0 Å². The number of nitrogens with one attached hydrogen (secondary N) is 1. The smallest absolute Gasteiger partial charge is 0.178 e. The van der Waals surface area contributed by atoms with Crippen LogP contribution < -0.4 is 0 Å². The van der Waals surface area contributed by atoms with Crippen molar-refractivity contribution in [3.05, 3.63) is 28.5 Å². The van der Waals surface area contributed by atoms with Gasteiger partial charge < -0.3 is 9.55 Å². The molecule has 1 aliphatic carbocycles. The molecule has 1 fully saturated rings. The van der Waals surface area contributed by atoms with Gasteiger partial charge in [-0.05, 0) is 42.8 Å². The second-order valence-electron chi connectivity index (χ2n) is 5.01. The van der Waals surface area contributed by atoms with Crippen LogP contribution in [0.2, 0.25) is 0 Å². The summed E-state index contributed by atoms with van der Waals surface area (Å²) in [7, 11) is 0. The van der Waals surface area contributed by atoms with E-state index in [-0.39, 0.29) is 0 Å². The predicted octanol–water partition coefficient (Wildman–Crippen LogP) is 3.76. The first-order chi connectivity index (χ1) is 8.78. The average molecular weight is 257 g/mol. The zero-order valence-electron chi connectivity index (χ0n) is 10.1. The summed E-state index contributed by atoms with van der Waals surface area (Å²) in [5.41, 5.74) is 2.76. The molecule has 1 aromatic carbocycles. The molecule has 2 aromatic rings. The average Bonchev–Trinajstić information content (AvgIpc) is 2.63. The third-order valence-electron chi connectivity index (χ3n) is 3.89. The van der Waals surface area contributed by atoms with Gasteiger partial charge in [-0.2, -0.15) is 5.26 Å². The van der Waals surface area contributed by atoms with Gasteiger partial charge in [-0.25, -0.2) is 0 Å². The van der Waals surface area contributed by atoms with Crippen LogP contribution in [0.15, 0.2) is 18.2 Å². The Kier molecular flexibility index (Phi) is 2.92. The number of hydrogen-bond donors (Lipinski definition) is 1. The molecule has 4 heteroatoms. The third kappa shape index (κ3) is 1.95. The maximum atomic E-state index is 8.96. The summed E-state index contributed by atoms with van der Waals surface area (Å²) < 4.78 is 2.89. The molecule has 0 atom stereocenters. The zero-order chi connectivity index (χ0) is 12.5. The maximum absolute atomic E-state index is 8.96. The SMILES string of the molecule is N#Cc1ccc2[nH]c(=S)n(CCC3CCC3)c2c1. The summed E-state index contributed by atoms with van der Waals surface area (Å²) in [6, 6.07) is 7.86. The van der Waals surface area contributed by atoms with Gasteiger partial charge in [0.25, 0.3) is 0 Å². The Morgan fingerprint density at radius 3 is 2.94 bits per heavy atom. The molecule has 0 bridgehead atoms. The van der Waals surface area contributed by atoms with Crippen molar-refractivity contribution >= 4 is 23.3 Å². The van der Waals surface area contributed by atoms with Crippen molar-refractivity contribution in [3.8, 4) is 6.07 Å². The number of aryl methyl sites for hydroxylation is 1. The molecule has 1 saturated carbocycles. The number of rotatable bonds is 3. The number of hydrogen-bond acceptors (Lipinski definition) is 2. The molecule has 1 N–H and O–H groups in total. The first-order valence-corrected chi connectivity index (χ1v) is 6.81. The van der Waals surface area contributed by atoms with Crippen LogP contribution >= 0.6 is 12.2 Å². The lowest BCUT2D eigenvalue weighted by Crippen LogP contribution is -2.13. The zero-order valence-corrected chi connectivity index (χ0v) is 11.0. The van der Waals surface area contributed by atoms with E-state index in [0.29, 0.717) is 5.56 Å². The summed E-state index contributed by atoms with van der Waals surface area (Å²) >= 11 is 5.36. The fourth-order valence-electron chi connectivity index (χ4n) is 2.54. The first kappa shape index (κ1) is 11.5. The molecule has 0 spiro atoms. The van der Waals surface area contributed by atoms with Crippen LogP contribution in [-0.2, 0) is 6.54 Å². The number of nitriles is 1. The van der Waals surface area contributed by atoms with E-state index in [4.69, 9.17) is 17.5 Å². The number of aromatic amines is 1. The summed E-state index contributed by atoms with van der Waals surface area (Å²) in [6.45, 7) is 0.957. The lowest BCUT2D eigenvalue weighted by atomic mass is 9.83. The summed E-state index contributed by atoms with van der Waals surface area (Å²) in [5, 5.41) is 8.96. The minimum atomic E-state index is 0.689. The van der Waals surface area contributed by atoms with Crippen LogP contribution in [0.1, 0.15) is 31.2 Å². The van der Waals surface area contributed by atoms with Crippen molar-refractivity contribution in [1.29, 1.82) is 5.26 Å². The van der Waals surface area contributed by atoms with Crippen molar-refractivity contribution in [1.82, 2.24) is 9.55 Å². The van der Waals surface area contributed by atoms with Crippen LogP contribution in [0.25, 0.3) is 11.0 Å². The fraction of sp³-hybridized carbons (Fsp3) is 0.429. The van der Waals surface area contributed by atoms with E-state index >= 15 is 0 Å². The van der Waals surface area contributed by atoms with Gasteiger partial charge in [0.2, 0.25) is 0 Å². The topological polar surface area (TPSA) is 44.5 Å². The molecule has 1 aromatic heterocycles. The Labute approximate surface area is 111 Å². The van der Waals surface area contributed by atoms with E-state index in [1.807, 2.05) is 18.2 Å². The van der Waals surface area contributed by atoms with Crippen LogP contribution in [0.3, 0.4) is 0 Å². The van der Waals surface area contributed by atoms with Crippen molar-refractivity contribution in [2.75, 3.05) is 0 Å². The van der Waals surface area contributed by atoms with Gasteiger partial charge in [-0.15, -0.1) is 0 Å². The highest BCUT2D eigenvalue weighted by molar-refractivity contribution is 7.71. The summed E-state index contributed by atoms with van der Waals surface area (Å²) in [6.07, 6.45) is 5.29. The molecule has 0 saturated heterocycles. The molecule has 1 heterocycles. The first-order valence-electron chi connectivity index (χ1n) is 6.40. The normalized spacial score (nSPS) is 15.5. The molecular formula is C14H15N3S. The fourth-order valence-corrected chi connectivity index (χ4v) is 2.84. The Bertz CT molecular complexity index is 670. The van der Waals surface area contributed by atoms with Gasteiger partial charge in [0.05, 0.1) is 22.7 Å². The maximum Gasteiger partial charge on any atom is 0.178 e.